The van der Waals surface area contributed by atoms with E-state index in [1.54, 1.807) is 0 Å². The monoisotopic (exact) mass is 226 g/mol. The van der Waals surface area contributed by atoms with Crippen molar-refractivity contribution in [2.24, 2.45) is 5.92 Å². The predicted octanol–water partition coefficient (Wildman–Crippen LogP) is 2.89. The Morgan fingerprint density at radius 1 is 1.12 bits per heavy atom. The van der Waals surface area contributed by atoms with Crippen LogP contribution in [0.1, 0.15) is 52.9 Å². The van der Waals surface area contributed by atoms with Crippen LogP contribution >= 0.6 is 0 Å². The maximum atomic E-state index is 3.74. The van der Waals surface area contributed by atoms with Gasteiger partial charge in [-0.2, -0.15) is 0 Å². The van der Waals surface area contributed by atoms with Gasteiger partial charge >= 0.3 is 0 Å². The summed E-state index contributed by atoms with van der Waals surface area (Å²) in [6, 6.07) is 0.800. The van der Waals surface area contributed by atoms with E-state index in [9.17, 15) is 0 Å². The molecule has 1 aliphatic rings. The van der Waals surface area contributed by atoms with E-state index in [1.807, 2.05) is 0 Å². The van der Waals surface area contributed by atoms with Gasteiger partial charge in [0.1, 0.15) is 0 Å². The number of nitrogens with zero attached hydrogens (tertiary/aromatic N) is 1. The van der Waals surface area contributed by atoms with Crippen LogP contribution in [-0.2, 0) is 0 Å². The molecule has 2 atom stereocenters. The van der Waals surface area contributed by atoms with Crippen molar-refractivity contribution in [1.29, 1.82) is 0 Å². The molecular formula is C14H30N2. The van der Waals surface area contributed by atoms with E-state index in [0.717, 1.165) is 12.0 Å². The van der Waals surface area contributed by atoms with Crippen molar-refractivity contribution >= 4 is 0 Å². The smallest absolute Gasteiger partial charge is 0.0107 e. The van der Waals surface area contributed by atoms with Gasteiger partial charge in [0.05, 0.1) is 0 Å². The van der Waals surface area contributed by atoms with Crippen LogP contribution in [0.25, 0.3) is 0 Å². The van der Waals surface area contributed by atoms with Gasteiger partial charge in [0.15, 0.2) is 0 Å². The van der Waals surface area contributed by atoms with Crippen LogP contribution in [0.15, 0.2) is 0 Å². The molecule has 2 nitrogen and oxygen atoms in total. The fourth-order valence-electron chi connectivity index (χ4n) is 2.81. The highest BCUT2D eigenvalue weighted by atomic mass is 15.1. The number of hydrogen-bond donors (Lipinski definition) is 1. The second-order valence-corrected chi connectivity index (χ2v) is 5.12. The largest absolute Gasteiger partial charge is 0.313 e. The maximum absolute atomic E-state index is 3.74. The third-order valence-corrected chi connectivity index (χ3v) is 4.12. The number of likely N-dealkylation sites (N-methyl/N-ethyl adjacent to an activating group) is 1. The van der Waals surface area contributed by atoms with Crippen LogP contribution in [0.5, 0.6) is 0 Å². The normalized spacial score (nSPS) is 26.2. The Kier molecular flexibility index (Phi) is 7.06. The highest BCUT2D eigenvalue weighted by Gasteiger charge is 2.19. The third kappa shape index (κ3) is 4.84. The Morgan fingerprint density at radius 3 is 2.50 bits per heavy atom. The van der Waals surface area contributed by atoms with Crippen molar-refractivity contribution in [2.45, 2.75) is 58.9 Å². The lowest BCUT2D eigenvalue weighted by molar-refractivity contribution is 0.255. The Labute approximate surface area is 102 Å². The first-order valence-corrected chi connectivity index (χ1v) is 7.25. The minimum absolute atomic E-state index is 0.800. The first kappa shape index (κ1) is 14.0. The molecule has 96 valence electrons. The van der Waals surface area contributed by atoms with Gasteiger partial charge in [0, 0.05) is 19.1 Å². The van der Waals surface area contributed by atoms with Gasteiger partial charge in [-0.1, -0.05) is 40.0 Å². The average molecular weight is 226 g/mol. The highest BCUT2D eigenvalue weighted by molar-refractivity contribution is 4.77. The van der Waals surface area contributed by atoms with Gasteiger partial charge in [0.2, 0.25) is 0 Å². The van der Waals surface area contributed by atoms with Gasteiger partial charge in [-0.05, 0) is 31.8 Å². The molecule has 0 radical (unpaired) electrons. The molecule has 0 aromatic carbocycles. The zero-order valence-corrected chi connectivity index (χ0v) is 11.5. The summed E-state index contributed by atoms with van der Waals surface area (Å²) in [5.74, 6) is 0.986. The summed E-state index contributed by atoms with van der Waals surface area (Å²) in [7, 11) is 0. The molecule has 0 heterocycles. The van der Waals surface area contributed by atoms with Crippen LogP contribution in [0.2, 0.25) is 0 Å². The van der Waals surface area contributed by atoms with E-state index in [4.69, 9.17) is 0 Å². The summed E-state index contributed by atoms with van der Waals surface area (Å²) in [4.78, 5) is 2.49. The molecule has 1 aliphatic carbocycles. The molecular weight excluding hydrogens is 196 g/mol. The number of hydrogen-bond acceptors (Lipinski definition) is 2. The van der Waals surface area contributed by atoms with E-state index in [-0.39, 0.29) is 0 Å². The number of nitrogens with one attached hydrogen (secondary N) is 1. The zero-order chi connectivity index (χ0) is 11.8. The molecule has 1 N–H and O–H groups in total. The van der Waals surface area contributed by atoms with Crippen LogP contribution in [0.4, 0.5) is 0 Å². The fraction of sp³-hybridized carbons (Fsp3) is 1.00. The molecule has 0 spiro atoms. The molecule has 0 aromatic heterocycles. The highest BCUT2D eigenvalue weighted by Crippen LogP contribution is 2.26. The van der Waals surface area contributed by atoms with E-state index in [2.05, 4.69) is 31.0 Å². The lowest BCUT2D eigenvalue weighted by Gasteiger charge is -2.30. The van der Waals surface area contributed by atoms with Gasteiger partial charge in [-0.25, -0.2) is 0 Å². The van der Waals surface area contributed by atoms with E-state index in [1.165, 1.54) is 58.3 Å². The van der Waals surface area contributed by atoms with Crippen molar-refractivity contribution in [1.82, 2.24) is 10.2 Å². The Morgan fingerprint density at radius 2 is 1.88 bits per heavy atom. The van der Waals surface area contributed by atoms with E-state index >= 15 is 0 Å². The van der Waals surface area contributed by atoms with Gasteiger partial charge in [-0.15, -0.1) is 0 Å². The average Bonchev–Trinajstić information content (AvgIpc) is 2.35. The van der Waals surface area contributed by atoms with Crippen LogP contribution in [0.3, 0.4) is 0 Å². The lowest BCUT2D eigenvalue weighted by Crippen LogP contribution is -2.39. The van der Waals surface area contributed by atoms with Crippen molar-refractivity contribution in [3.63, 3.8) is 0 Å². The molecule has 1 fully saturated rings. The Bertz CT molecular complexity index is 166. The lowest BCUT2D eigenvalue weighted by atomic mass is 9.84. The predicted molar refractivity (Wildman–Crippen MR) is 71.8 cm³/mol. The topological polar surface area (TPSA) is 15.3 Å². The van der Waals surface area contributed by atoms with Crippen molar-refractivity contribution in [3.8, 4) is 0 Å². The summed E-state index contributed by atoms with van der Waals surface area (Å²) >= 11 is 0. The van der Waals surface area contributed by atoms with Crippen LogP contribution in [-0.4, -0.2) is 37.1 Å². The molecule has 0 saturated heterocycles. The zero-order valence-electron chi connectivity index (χ0n) is 11.5. The third-order valence-electron chi connectivity index (χ3n) is 4.12. The Balaban J connectivity index is 2.12. The van der Waals surface area contributed by atoms with Gasteiger partial charge < -0.3 is 10.2 Å². The maximum Gasteiger partial charge on any atom is 0.0107 e. The minimum Gasteiger partial charge on any atom is -0.313 e. The summed E-state index contributed by atoms with van der Waals surface area (Å²) in [6.07, 6.45) is 7.07. The van der Waals surface area contributed by atoms with E-state index in [0.29, 0.717) is 0 Å². The fourth-order valence-corrected chi connectivity index (χ4v) is 2.81. The quantitative estimate of drug-likeness (QED) is 0.718. The SMILES string of the molecule is CCC1CCCC(NCCN(CC)CC)C1. The molecule has 0 bridgehead atoms. The molecule has 2 heteroatoms. The van der Waals surface area contributed by atoms with E-state index < -0.39 is 0 Å². The van der Waals surface area contributed by atoms with Gasteiger partial charge in [-0.3, -0.25) is 0 Å². The molecule has 16 heavy (non-hydrogen) atoms. The van der Waals surface area contributed by atoms with Crippen molar-refractivity contribution in [3.05, 3.63) is 0 Å². The summed E-state index contributed by atoms with van der Waals surface area (Å²) in [5.41, 5.74) is 0. The molecule has 0 aliphatic heterocycles. The van der Waals surface area contributed by atoms with Gasteiger partial charge in [0.25, 0.3) is 0 Å². The summed E-state index contributed by atoms with van der Waals surface area (Å²) in [6.45, 7) is 11.6. The summed E-state index contributed by atoms with van der Waals surface area (Å²) in [5, 5.41) is 3.74. The van der Waals surface area contributed by atoms with Crippen molar-refractivity contribution in [2.75, 3.05) is 26.2 Å². The molecule has 0 aromatic rings. The first-order valence-electron chi connectivity index (χ1n) is 7.25. The summed E-state index contributed by atoms with van der Waals surface area (Å²) < 4.78 is 0. The molecule has 1 saturated carbocycles. The standard InChI is InChI=1S/C14H30N2/c1-4-13-8-7-9-14(12-13)15-10-11-16(5-2)6-3/h13-15H,4-12H2,1-3H3. The second-order valence-electron chi connectivity index (χ2n) is 5.12. The molecule has 1 rings (SSSR count). The minimum atomic E-state index is 0.800. The molecule has 2 unspecified atom stereocenters. The second kappa shape index (κ2) is 8.08. The molecule has 0 amide bonds. The Hall–Kier alpha value is -0.0800. The van der Waals surface area contributed by atoms with Crippen molar-refractivity contribution < 1.29 is 0 Å². The first-order chi connectivity index (χ1) is 7.80. The number of rotatable bonds is 7. The van der Waals surface area contributed by atoms with Crippen LogP contribution in [0, 0.1) is 5.92 Å². The van der Waals surface area contributed by atoms with Crippen LogP contribution < -0.4 is 5.32 Å².